The van der Waals surface area contributed by atoms with Gasteiger partial charge in [0.1, 0.15) is 6.04 Å². The third-order valence-corrected chi connectivity index (χ3v) is 6.46. The monoisotopic (exact) mass is 480 g/mol. The molecule has 7 heteroatoms. The molecule has 0 spiro atoms. The predicted molar refractivity (Wildman–Crippen MR) is 132 cm³/mol. The summed E-state index contributed by atoms with van der Waals surface area (Å²) in [6, 6.07) is 13.0. The molecule has 2 aromatic rings. The third kappa shape index (κ3) is 8.06. The van der Waals surface area contributed by atoms with E-state index in [-0.39, 0.29) is 23.6 Å². The van der Waals surface area contributed by atoms with Gasteiger partial charge in [-0.05, 0) is 50.5 Å². The Morgan fingerprint density at radius 3 is 2.42 bits per heavy atom. The van der Waals surface area contributed by atoms with Crippen LogP contribution in [-0.4, -0.2) is 34.6 Å². The molecule has 2 aromatic carbocycles. The Hall–Kier alpha value is -1.69. The Bertz CT molecular complexity index is 905. The molecule has 2 rings (SSSR count). The van der Waals surface area contributed by atoms with Gasteiger partial charge in [-0.2, -0.15) is 0 Å². The Balaban J connectivity index is 2.13. The van der Waals surface area contributed by atoms with Crippen molar-refractivity contribution < 1.29 is 9.59 Å². The lowest BCUT2D eigenvalue weighted by Gasteiger charge is -2.31. The maximum atomic E-state index is 13.2. The average Bonchev–Trinajstić information content (AvgIpc) is 2.70. The van der Waals surface area contributed by atoms with Crippen LogP contribution in [0.3, 0.4) is 0 Å². The smallest absolute Gasteiger partial charge is 0.243 e. The lowest BCUT2D eigenvalue weighted by molar-refractivity contribution is -0.139. The second-order valence-electron chi connectivity index (χ2n) is 7.84. The van der Waals surface area contributed by atoms with Crippen LogP contribution in [0.5, 0.6) is 0 Å². The van der Waals surface area contributed by atoms with Crippen LogP contribution in [0.25, 0.3) is 0 Å². The molecule has 0 aliphatic rings. The minimum Gasteiger partial charge on any atom is -0.352 e. The van der Waals surface area contributed by atoms with Gasteiger partial charge in [0.25, 0.3) is 0 Å². The lowest BCUT2D eigenvalue weighted by Crippen LogP contribution is -2.50. The minimum absolute atomic E-state index is 0.0153. The number of amides is 2. The summed E-state index contributed by atoms with van der Waals surface area (Å²) in [6.45, 7) is 8.20. The number of hydrogen-bond acceptors (Lipinski definition) is 3. The second kappa shape index (κ2) is 12.4. The fourth-order valence-corrected chi connectivity index (χ4v) is 4.45. The van der Waals surface area contributed by atoms with E-state index in [0.717, 1.165) is 16.7 Å². The lowest BCUT2D eigenvalue weighted by atomic mass is 10.1. The highest BCUT2D eigenvalue weighted by Crippen LogP contribution is 2.25. The standard InChI is InChI=1S/C24H30Cl2N2O2S/c1-5-22(24(30)27-16(2)3)28(13-18-8-6-7-17(4)11-18)23(29)15-31-14-19-9-10-20(25)21(26)12-19/h6-12,16,22H,5,13-15H2,1-4H3,(H,27,30)/t22-/m0/s1. The first-order valence-electron chi connectivity index (χ1n) is 10.4. The van der Waals surface area contributed by atoms with Crippen LogP contribution in [0.4, 0.5) is 0 Å². The molecule has 0 bridgehead atoms. The second-order valence-corrected chi connectivity index (χ2v) is 9.64. The molecule has 0 aliphatic heterocycles. The van der Waals surface area contributed by atoms with Crippen LogP contribution in [0, 0.1) is 6.92 Å². The fraction of sp³-hybridized carbons (Fsp3) is 0.417. The first-order chi connectivity index (χ1) is 14.7. The number of hydrogen-bond donors (Lipinski definition) is 1. The van der Waals surface area contributed by atoms with E-state index in [4.69, 9.17) is 23.2 Å². The summed E-state index contributed by atoms with van der Waals surface area (Å²) in [5.74, 6) is 0.734. The number of thioether (sulfide) groups is 1. The van der Waals surface area contributed by atoms with Gasteiger partial charge in [0.05, 0.1) is 15.8 Å². The van der Waals surface area contributed by atoms with Gasteiger partial charge in [-0.3, -0.25) is 9.59 Å². The van der Waals surface area contributed by atoms with Crippen molar-refractivity contribution in [3.05, 3.63) is 69.2 Å². The van der Waals surface area contributed by atoms with Crippen LogP contribution in [0.15, 0.2) is 42.5 Å². The van der Waals surface area contributed by atoms with E-state index in [2.05, 4.69) is 11.4 Å². The highest BCUT2D eigenvalue weighted by molar-refractivity contribution is 7.99. The molecule has 0 unspecified atom stereocenters. The van der Waals surface area contributed by atoms with Gasteiger partial charge in [-0.15, -0.1) is 11.8 Å². The largest absolute Gasteiger partial charge is 0.352 e. The molecule has 4 nitrogen and oxygen atoms in total. The predicted octanol–water partition coefficient (Wildman–Crippen LogP) is 5.87. The molecule has 1 N–H and O–H groups in total. The van der Waals surface area contributed by atoms with E-state index in [1.165, 1.54) is 11.8 Å². The molecule has 0 aromatic heterocycles. The fourth-order valence-electron chi connectivity index (χ4n) is 3.28. The highest BCUT2D eigenvalue weighted by atomic mass is 35.5. The molecular weight excluding hydrogens is 451 g/mol. The van der Waals surface area contributed by atoms with Gasteiger partial charge < -0.3 is 10.2 Å². The summed E-state index contributed by atoms with van der Waals surface area (Å²) < 4.78 is 0. The molecule has 168 valence electrons. The van der Waals surface area contributed by atoms with Crippen molar-refractivity contribution in [3.63, 3.8) is 0 Å². The topological polar surface area (TPSA) is 49.4 Å². The summed E-state index contributed by atoms with van der Waals surface area (Å²) in [5.41, 5.74) is 3.14. The first-order valence-corrected chi connectivity index (χ1v) is 12.3. The Kier molecular flexibility index (Phi) is 10.2. The molecule has 0 fully saturated rings. The minimum atomic E-state index is -0.513. The molecular formula is C24H30Cl2N2O2S. The maximum absolute atomic E-state index is 13.2. The number of carbonyl (C=O) groups excluding carboxylic acids is 2. The van der Waals surface area contributed by atoms with E-state index < -0.39 is 6.04 Å². The molecule has 0 aliphatic carbocycles. The Labute approximate surface area is 199 Å². The molecule has 2 amide bonds. The van der Waals surface area contributed by atoms with E-state index in [1.54, 1.807) is 11.0 Å². The first kappa shape index (κ1) is 25.6. The van der Waals surface area contributed by atoms with Crippen LogP contribution < -0.4 is 5.32 Å². The Morgan fingerprint density at radius 2 is 1.81 bits per heavy atom. The van der Waals surface area contributed by atoms with Crippen molar-refractivity contribution in [3.8, 4) is 0 Å². The van der Waals surface area contributed by atoms with Crippen LogP contribution in [-0.2, 0) is 21.9 Å². The molecule has 0 saturated heterocycles. The molecule has 0 radical (unpaired) electrons. The molecule has 1 atom stereocenters. The van der Waals surface area contributed by atoms with Gasteiger partial charge in [0.15, 0.2) is 0 Å². The summed E-state index contributed by atoms with van der Waals surface area (Å²) in [5, 5.41) is 3.97. The number of aryl methyl sites for hydroxylation is 1. The summed E-state index contributed by atoms with van der Waals surface area (Å²) in [6.07, 6.45) is 0.549. The van der Waals surface area contributed by atoms with Crippen molar-refractivity contribution >= 4 is 46.8 Å². The number of rotatable bonds is 10. The van der Waals surface area contributed by atoms with E-state index in [1.807, 2.05) is 58.0 Å². The summed E-state index contributed by atoms with van der Waals surface area (Å²) in [7, 11) is 0. The van der Waals surface area contributed by atoms with E-state index >= 15 is 0 Å². The zero-order valence-corrected chi connectivity index (χ0v) is 20.8. The van der Waals surface area contributed by atoms with Crippen molar-refractivity contribution in [1.29, 1.82) is 0 Å². The summed E-state index contributed by atoms with van der Waals surface area (Å²) in [4.78, 5) is 27.7. The van der Waals surface area contributed by atoms with Crippen LogP contribution in [0.1, 0.15) is 43.9 Å². The van der Waals surface area contributed by atoms with Gasteiger partial charge in [0, 0.05) is 18.3 Å². The van der Waals surface area contributed by atoms with Crippen molar-refractivity contribution in [2.24, 2.45) is 0 Å². The van der Waals surface area contributed by atoms with E-state index in [0.29, 0.717) is 28.8 Å². The molecule has 0 heterocycles. The normalized spacial score (nSPS) is 12.0. The number of carbonyl (C=O) groups is 2. The van der Waals surface area contributed by atoms with Crippen LogP contribution in [0.2, 0.25) is 10.0 Å². The quantitative estimate of drug-likeness (QED) is 0.462. The number of halogens is 2. The zero-order valence-electron chi connectivity index (χ0n) is 18.5. The van der Waals surface area contributed by atoms with Crippen molar-refractivity contribution in [2.45, 2.75) is 58.5 Å². The van der Waals surface area contributed by atoms with Gasteiger partial charge in [0.2, 0.25) is 11.8 Å². The molecule has 31 heavy (non-hydrogen) atoms. The zero-order chi connectivity index (χ0) is 23.0. The van der Waals surface area contributed by atoms with E-state index in [9.17, 15) is 9.59 Å². The number of benzene rings is 2. The SMILES string of the molecule is CC[C@@H](C(=O)NC(C)C)N(Cc1cccc(C)c1)C(=O)CSCc1ccc(Cl)c(Cl)c1. The van der Waals surface area contributed by atoms with Crippen molar-refractivity contribution in [1.82, 2.24) is 10.2 Å². The number of nitrogens with zero attached hydrogens (tertiary/aromatic N) is 1. The highest BCUT2D eigenvalue weighted by Gasteiger charge is 2.28. The van der Waals surface area contributed by atoms with Gasteiger partial charge in [-0.1, -0.05) is 66.0 Å². The van der Waals surface area contributed by atoms with Gasteiger partial charge in [-0.25, -0.2) is 0 Å². The average molecular weight is 481 g/mol. The maximum Gasteiger partial charge on any atom is 0.243 e. The van der Waals surface area contributed by atoms with Crippen molar-refractivity contribution in [2.75, 3.05) is 5.75 Å². The Morgan fingerprint density at radius 1 is 1.06 bits per heavy atom. The van der Waals surface area contributed by atoms with Crippen LogP contribution >= 0.6 is 35.0 Å². The molecule has 0 saturated carbocycles. The summed E-state index contributed by atoms with van der Waals surface area (Å²) >= 11 is 13.6. The number of nitrogens with one attached hydrogen (secondary N) is 1. The van der Waals surface area contributed by atoms with Gasteiger partial charge >= 0.3 is 0 Å². The third-order valence-electron chi connectivity index (χ3n) is 4.73.